The van der Waals surface area contributed by atoms with Crippen molar-refractivity contribution >= 4 is 29.4 Å². The van der Waals surface area contributed by atoms with E-state index in [1.165, 1.54) is 0 Å². The molecule has 1 saturated carbocycles. The molecule has 1 saturated heterocycles. The number of nitriles is 1. The summed E-state index contributed by atoms with van der Waals surface area (Å²) in [6, 6.07) is 11.3. The second-order valence-corrected chi connectivity index (χ2v) is 12.2. The van der Waals surface area contributed by atoms with Crippen molar-refractivity contribution in [3.8, 4) is 11.8 Å². The SMILES string of the molecule is CC(C)(C)OC(=O)N1CCC(Nc2ccc3c(n2)CN(C2CCC(Oc4ccc(C#N)c(Cl)c4)CC2)C3=O)CC1. The number of halogens is 1. The topological polar surface area (TPSA) is 108 Å². The van der Waals surface area contributed by atoms with Crippen LogP contribution in [0.4, 0.5) is 10.6 Å². The van der Waals surface area contributed by atoms with E-state index in [0.29, 0.717) is 41.5 Å². The summed E-state index contributed by atoms with van der Waals surface area (Å²) in [5.74, 6) is 1.47. The molecular weight excluding hydrogens is 530 g/mol. The van der Waals surface area contributed by atoms with Gasteiger partial charge in [0.2, 0.25) is 0 Å². The van der Waals surface area contributed by atoms with E-state index in [-0.39, 0.29) is 30.2 Å². The molecule has 1 aromatic heterocycles. The van der Waals surface area contributed by atoms with Gasteiger partial charge < -0.3 is 24.6 Å². The van der Waals surface area contributed by atoms with Crippen LogP contribution < -0.4 is 10.1 Å². The highest BCUT2D eigenvalue weighted by molar-refractivity contribution is 6.31. The first-order chi connectivity index (χ1) is 19.1. The zero-order chi connectivity index (χ0) is 28.4. The number of likely N-dealkylation sites (tertiary alicyclic amines) is 1. The lowest BCUT2D eigenvalue weighted by atomic mass is 9.92. The van der Waals surface area contributed by atoms with E-state index in [1.54, 1.807) is 23.1 Å². The first kappa shape index (κ1) is 28.0. The third-order valence-corrected chi connectivity index (χ3v) is 8.05. The summed E-state index contributed by atoms with van der Waals surface area (Å²) in [4.78, 5) is 34.1. The molecule has 2 aliphatic heterocycles. The Bertz CT molecular complexity index is 1300. The molecule has 0 atom stereocenters. The van der Waals surface area contributed by atoms with Crippen LogP contribution in [0.1, 0.15) is 80.9 Å². The summed E-state index contributed by atoms with van der Waals surface area (Å²) in [6.45, 7) is 7.41. The van der Waals surface area contributed by atoms with Crippen LogP contribution in [0.25, 0.3) is 0 Å². The largest absolute Gasteiger partial charge is 0.490 e. The number of rotatable bonds is 5. The Morgan fingerprint density at radius 1 is 1.10 bits per heavy atom. The van der Waals surface area contributed by atoms with Gasteiger partial charge in [0, 0.05) is 31.2 Å². The molecule has 212 valence electrons. The number of hydrogen-bond donors (Lipinski definition) is 1. The van der Waals surface area contributed by atoms with E-state index in [9.17, 15) is 9.59 Å². The minimum Gasteiger partial charge on any atom is -0.490 e. The summed E-state index contributed by atoms with van der Waals surface area (Å²) in [6.07, 6.45) is 4.79. The lowest BCUT2D eigenvalue weighted by molar-refractivity contribution is 0.0210. The van der Waals surface area contributed by atoms with Crippen molar-refractivity contribution in [3.05, 3.63) is 52.2 Å². The summed E-state index contributed by atoms with van der Waals surface area (Å²) in [5.41, 5.74) is 1.42. The van der Waals surface area contributed by atoms with E-state index < -0.39 is 5.60 Å². The molecule has 0 unspecified atom stereocenters. The minimum atomic E-state index is -0.500. The van der Waals surface area contributed by atoms with Gasteiger partial charge in [0.25, 0.3) is 5.91 Å². The van der Waals surface area contributed by atoms with Gasteiger partial charge in [-0.15, -0.1) is 0 Å². The molecule has 1 aliphatic carbocycles. The molecule has 2 fully saturated rings. The van der Waals surface area contributed by atoms with E-state index in [1.807, 2.05) is 37.8 Å². The first-order valence-corrected chi connectivity index (χ1v) is 14.4. The predicted octanol–water partition coefficient (Wildman–Crippen LogP) is 5.76. The molecule has 1 N–H and O–H groups in total. The Labute approximate surface area is 240 Å². The van der Waals surface area contributed by atoms with Crippen molar-refractivity contribution in [2.24, 2.45) is 0 Å². The lowest BCUT2D eigenvalue weighted by Crippen LogP contribution is -2.44. The molecule has 40 heavy (non-hydrogen) atoms. The molecule has 9 nitrogen and oxygen atoms in total. The molecule has 2 aromatic rings. The van der Waals surface area contributed by atoms with Crippen molar-refractivity contribution in [3.63, 3.8) is 0 Å². The van der Waals surface area contributed by atoms with Gasteiger partial charge in [-0.25, -0.2) is 9.78 Å². The van der Waals surface area contributed by atoms with Crippen LogP contribution in [0.15, 0.2) is 30.3 Å². The lowest BCUT2D eigenvalue weighted by Gasteiger charge is -2.34. The highest BCUT2D eigenvalue weighted by Crippen LogP contribution is 2.33. The van der Waals surface area contributed by atoms with E-state index >= 15 is 0 Å². The van der Waals surface area contributed by atoms with E-state index in [0.717, 1.165) is 50.0 Å². The second kappa shape index (κ2) is 11.5. The molecule has 10 heteroatoms. The summed E-state index contributed by atoms with van der Waals surface area (Å²) in [5, 5.41) is 13.0. The first-order valence-electron chi connectivity index (χ1n) is 14.0. The molecule has 0 radical (unpaired) electrons. The van der Waals surface area contributed by atoms with Crippen LogP contribution in [-0.4, -0.2) is 63.7 Å². The fraction of sp³-hybridized carbons (Fsp3) is 0.533. The normalized spacial score (nSPS) is 21.5. The molecule has 0 bridgehead atoms. The Hall–Kier alpha value is -3.51. The molecule has 3 heterocycles. The Morgan fingerprint density at radius 3 is 2.48 bits per heavy atom. The number of nitrogens with zero attached hydrogens (tertiary/aromatic N) is 4. The van der Waals surface area contributed by atoms with Gasteiger partial charge in [0.05, 0.1) is 34.5 Å². The highest BCUT2D eigenvalue weighted by atomic mass is 35.5. The Kier molecular flexibility index (Phi) is 8.09. The van der Waals surface area contributed by atoms with Crippen molar-refractivity contribution in [2.45, 2.75) is 89.6 Å². The van der Waals surface area contributed by atoms with Crippen LogP contribution in [0.3, 0.4) is 0 Å². The maximum Gasteiger partial charge on any atom is 0.410 e. The van der Waals surface area contributed by atoms with Crippen LogP contribution in [0.5, 0.6) is 5.75 Å². The van der Waals surface area contributed by atoms with Crippen LogP contribution in [0.2, 0.25) is 5.02 Å². The maximum absolute atomic E-state index is 13.2. The summed E-state index contributed by atoms with van der Waals surface area (Å²) < 4.78 is 11.6. The number of anilines is 1. The monoisotopic (exact) mass is 565 g/mol. The van der Waals surface area contributed by atoms with Crippen molar-refractivity contribution in [2.75, 3.05) is 18.4 Å². The number of fused-ring (bicyclic) bond motifs is 1. The average Bonchev–Trinajstić information content (AvgIpc) is 3.24. The zero-order valence-electron chi connectivity index (χ0n) is 23.3. The van der Waals surface area contributed by atoms with Gasteiger partial charge in [-0.1, -0.05) is 11.6 Å². The molecule has 0 spiro atoms. The number of nitrogens with one attached hydrogen (secondary N) is 1. The van der Waals surface area contributed by atoms with Crippen molar-refractivity contribution in [1.29, 1.82) is 5.26 Å². The zero-order valence-corrected chi connectivity index (χ0v) is 24.0. The number of amides is 2. The Balaban J connectivity index is 1.11. The fourth-order valence-electron chi connectivity index (χ4n) is 5.65. The third kappa shape index (κ3) is 6.44. The van der Waals surface area contributed by atoms with Crippen molar-refractivity contribution in [1.82, 2.24) is 14.8 Å². The number of ether oxygens (including phenoxy) is 2. The fourth-order valence-corrected chi connectivity index (χ4v) is 5.86. The predicted molar refractivity (Wildman–Crippen MR) is 151 cm³/mol. The average molecular weight is 566 g/mol. The van der Waals surface area contributed by atoms with Crippen LogP contribution in [0, 0.1) is 11.3 Å². The molecule has 5 rings (SSSR count). The number of carbonyl (C=O) groups is 2. The van der Waals surface area contributed by atoms with Gasteiger partial charge in [-0.3, -0.25) is 4.79 Å². The van der Waals surface area contributed by atoms with Gasteiger partial charge >= 0.3 is 6.09 Å². The number of hydrogen-bond acceptors (Lipinski definition) is 7. The molecule has 3 aliphatic rings. The maximum atomic E-state index is 13.2. The van der Waals surface area contributed by atoms with E-state index in [2.05, 4.69) is 11.4 Å². The summed E-state index contributed by atoms with van der Waals surface area (Å²) >= 11 is 6.14. The van der Waals surface area contributed by atoms with Crippen LogP contribution >= 0.6 is 11.6 Å². The van der Waals surface area contributed by atoms with Crippen LogP contribution in [-0.2, 0) is 11.3 Å². The van der Waals surface area contributed by atoms with E-state index in [4.69, 9.17) is 31.3 Å². The molecule has 2 amide bonds. The summed E-state index contributed by atoms with van der Waals surface area (Å²) in [7, 11) is 0. The number of carbonyl (C=O) groups excluding carboxylic acids is 2. The Morgan fingerprint density at radius 2 is 1.82 bits per heavy atom. The number of aromatic nitrogens is 1. The smallest absolute Gasteiger partial charge is 0.410 e. The van der Waals surface area contributed by atoms with Crippen molar-refractivity contribution < 1.29 is 19.1 Å². The third-order valence-electron chi connectivity index (χ3n) is 7.73. The second-order valence-electron chi connectivity index (χ2n) is 11.8. The van der Waals surface area contributed by atoms with Gasteiger partial charge in [0.15, 0.2) is 0 Å². The molecular formula is C30H36ClN5O4. The quantitative estimate of drug-likeness (QED) is 0.490. The standard InChI is InChI=1S/C30H36ClN5O4/c1-30(2,3)40-29(38)35-14-12-20(13-15-35)33-27-11-10-24-26(34-27)18-36(28(24)37)21-5-8-22(9-6-21)39-23-7-4-19(17-32)25(31)16-23/h4,7,10-11,16,20-22H,5-6,8-9,12-15,18H2,1-3H3,(H,33,34). The van der Waals surface area contributed by atoms with Gasteiger partial charge in [0.1, 0.15) is 23.2 Å². The number of pyridine rings is 1. The van der Waals surface area contributed by atoms with Gasteiger partial charge in [-0.2, -0.15) is 5.26 Å². The number of benzene rings is 1. The number of piperidine rings is 1. The minimum absolute atomic E-state index is 0.0444. The molecule has 1 aromatic carbocycles. The van der Waals surface area contributed by atoms with Gasteiger partial charge in [-0.05, 0) is 83.6 Å². The highest BCUT2D eigenvalue weighted by Gasteiger charge is 2.36.